The van der Waals surface area contributed by atoms with Crippen LogP contribution in [0.4, 0.5) is 0 Å². The lowest BCUT2D eigenvalue weighted by Crippen LogP contribution is -2.60. The Morgan fingerprint density at radius 1 is 1.12 bits per heavy atom. The second-order valence-corrected chi connectivity index (χ2v) is 11.6. The summed E-state index contributed by atoms with van der Waals surface area (Å²) in [4.78, 5) is 42.2. The lowest BCUT2D eigenvalue weighted by atomic mass is 9.73. The number of aliphatic carboxylic acids is 1. The molecule has 0 spiro atoms. The zero-order valence-corrected chi connectivity index (χ0v) is 21.9. The molecule has 1 saturated heterocycles. The summed E-state index contributed by atoms with van der Waals surface area (Å²) in [5, 5.41) is 12.4. The van der Waals surface area contributed by atoms with Gasteiger partial charge in [-0.3, -0.25) is 14.5 Å². The monoisotopic (exact) mass is 463 g/mol. The number of nitrogens with one attached hydrogen (secondary N) is 1. The van der Waals surface area contributed by atoms with Crippen LogP contribution in [0.15, 0.2) is 11.6 Å². The van der Waals surface area contributed by atoms with Crippen molar-refractivity contribution in [3.05, 3.63) is 11.6 Å². The van der Waals surface area contributed by atoms with E-state index < -0.39 is 17.4 Å². The fourth-order valence-corrected chi connectivity index (χ4v) is 5.42. The minimum Gasteiger partial charge on any atom is -0.478 e. The van der Waals surface area contributed by atoms with Crippen LogP contribution < -0.4 is 5.32 Å². The van der Waals surface area contributed by atoms with Gasteiger partial charge < -0.3 is 15.3 Å². The summed E-state index contributed by atoms with van der Waals surface area (Å²) in [6.07, 6.45) is 7.45. The molecular weight excluding hydrogens is 418 g/mol. The minimum atomic E-state index is -0.997. The Hall–Kier alpha value is -1.89. The van der Waals surface area contributed by atoms with Gasteiger partial charge in [0.2, 0.25) is 11.8 Å². The average Bonchev–Trinajstić information content (AvgIpc) is 2.72. The van der Waals surface area contributed by atoms with Gasteiger partial charge in [0.15, 0.2) is 0 Å². The van der Waals surface area contributed by atoms with Crippen molar-refractivity contribution < 1.29 is 19.5 Å². The Morgan fingerprint density at radius 2 is 1.70 bits per heavy atom. The van der Waals surface area contributed by atoms with E-state index >= 15 is 0 Å². The van der Waals surface area contributed by atoms with E-state index in [4.69, 9.17) is 0 Å². The van der Waals surface area contributed by atoms with Gasteiger partial charge in [-0.1, -0.05) is 60.0 Å². The predicted molar refractivity (Wildman–Crippen MR) is 131 cm³/mol. The van der Waals surface area contributed by atoms with Crippen LogP contribution >= 0.6 is 0 Å². The Labute approximate surface area is 200 Å². The molecule has 2 fully saturated rings. The van der Waals surface area contributed by atoms with Crippen molar-refractivity contribution in [1.82, 2.24) is 15.1 Å². The smallest absolute Gasteiger partial charge is 0.331 e. The molecule has 2 N–H and O–H groups in total. The van der Waals surface area contributed by atoms with E-state index in [-0.39, 0.29) is 35.4 Å². The van der Waals surface area contributed by atoms with E-state index in [0.717, 1.165) is 13.0 Å². The first kappa shape index (κ1) is 27.4. The van der Waals surface area contributed by atoms with Gasteiger partial charge >= 0.3 is 5.97 Å². The van der Waals surface area contributed by atoms with Gasteiger partial charge in [0.05, 0.1) is 12.1 Å². The summed E-state index contributed by atoms with van der Waals surface area (Å²) in [7, 11) is 3.71. The number of carboxylic acids is 1. The highest BCUT2D eigenvalue weighted by molar-refractivity contribution is 5.91. The molecule has 1 saturated carbocycles. The molecule has 188 valence electrons. The number of carbonyl (C=O) groups excluding carboxylic acids is 2. The van der Waals surface area contributed by atoms with Crippen LogP contribution in [-0.4, -0.2) is 71.5 Å². The van der Waals surface area contributed by atoms with E-state index in [1.807, 2.05) is 41.7 Å². The third-order valence-corrected chi connectivity index (χ3v) is 7.59. The molecule has 7 nitrogen and oxygen atoms in total. The largest absolute Gasteiger partial charge is 0.478 e. The van der Waals surface area contributed by atoms with Gasteiger partial charge in [0, 0.05) is 19.2 Å². The number of rotatable bonds is 7. The fraction of sp³-hybridized carbons (Fsp3) is 0.808. The molecule has 0 aromatic carbocycles. The third kappa shape index (κ3) is 6.81. The molecular formula is C26H45N3O4. The molecule has 0 radical (unpaired) electrons. The molecule has 1 aliphatic heterocycles. The molecule has 0 aromatic heterocycles. The van der Waals surface area contributed by atoms with Crippen LogP contribution in [-0.2, 0) is 14.4 Å². The van der Waals surface area contributed by atoms with E-state index in [1.165, 1.54) is 32.6 Å². The van der Waals surface area contributed by atoms with Gasteiger partial charge in [-0.15, -0.1) is 0 Å². The van der Waals surface area contributed by atoms with Gasteiger partial charge in [-0.05, 0) is 50.0 Å². The summed E-state index contributed by atoms with van der Waals surface area (Å²) in [6, 6.07) is -1.30. The van der Waals surface area contributed by atoms with Crippen molar-refractivity contribution in [1.29, 1.82) is 0 Å². The van der Waals surface area contributed by atoms with Crippen molar-refractivity contribution >= 4 is 17.8 Å². The Balaban J connectivity index is 2.21. The number of amides is 2. The predicted octanol–water partition coefficient (Wildman–Crippen LogP) is 3.54. The number of hydrogen-bond donors (Lipinski definition) is 2. The quantitative estimate of drug-likeness (QED) is 0.564. The molecule has 0 aromatic rings. The Morgan fingerprint density at radius 3 is 2.21 bits per heavy atom. The van der Waals surface area contributed by atoms with Crippen molar-refractivity contribution in [3.8, 4) is 0 Å². The third-order valence-electron chi connectivity index (χ3n) is 7.59. The van der Waals surface area contributed by atoms with Gasteiger partial charge in [-0.25, -0.2) is 4.79 Å². The van der Waals surface area contributed by atoms with Crippen molar-refractivity contribution in [3.63, 3.8) is 0 Å². The Bertz CT molecular complexity index is 755. The van der Waals surface area contributed by atoms with Crippen molar-refractivity contribution in [2.45, 2.75) is 91.8 Å². The normalized spacial score (nSPS) is 26.3. The van der Waals surface area contributed by atoms with E-state index in [9.17, 15) is 19.5 Å². The van der Waals surface area contributed by atoms with Gasteiger partial charge in [-0.2, -0.15) is 0 Å². The number of piperidine rings is 1. The molecule has 7 heteroatoms. The maximum Gasteiger partial charge on any atom is 0.331 e. The highest BCUT2D eigenvalue weighted by atomic mass is 16.4. The number of hydrogen-bond acceptors (Lipinski definition) is 4. The molecule has 1 aliphatic carbocycles. The summed E-state index contributed by atoms with van der Waals surface area (Å²) in [6.45, 7) is 12.3. The summed E-state index contributed by atoms with van der Waals surface area (Å²) in [5.41, 5.74) is -0.287. The Kier molecular flexibility index (Phi) is 9.14. The van der Waals surface area contributed by atoms with Crippen molar-refractivity contribution in [2.75, 3.05) is 20.6 Å². The standard InChI is InChI=1S/C26H45N3O4/c1-16(2)20(13-17(3)25(32)33)29(8)24(31)22(26(4,5)6)27-23(30)21-14-18-11-9-10-12-19(18)15-28(21)7/h13,16,18-22H,9-12,14-15H2,1-8H3,(H,27,30)(H,32,33)/b17-13+/t18?,19?,20-,21?,22?/m1/s1. The average molecular weight is 464 g/mol. The van der Waals surface area contributed by atoms with E-state index in [1.54, 1.807) is 18.0 Å². The molecule has 0 bridgehead atoms. The molecule has 2 amide bonds. The summed E-state index contributed by atoms with van der Waals surface area (Å²) >= 11 is 0. The lowest BCUT2D eigenvalue weighted by Gasteiger charge is -2.45. The number of fused-ring (bicyclic) bond motifs is 1. The first-order valence-electron chi connectivity index (χ1n) is 12.4. The van der Waals surface area contributed by atoms with Crippen LogP contribution in [0.3, 0.4) is 0 Å². The zero-order valence-electron chi connectivity index (χ0n) is 21.9. The zero-order chi connectivity index (χ0) is 25.1. The van der Waals surface area contributed by atoms with Crippen LogP contribution in [0.2, 0.25) is 0 Å². The van der Waals surface area contributed by atoms with Crippen LogP contribution in [0.1, 0.15) is 73.6 Å². The maximum absolute atomic E-state index is 13.6. The molecule has 5 atom stereocenters. The minimum absolute atomic E-state index is 0.0253. The SMILES string of the molecule is C/C(=C\[C@H](C(C)C)N(C)C(=O)C(NC(=O)C1CC2CCCCC2CN1C)C(C)(C)C)C(=O)O. The topological polar surface area (TPSA) is 90.0 Å². The first-order valence-corrected chi connectivity index (χ1v) is 12.4. The molecule has 4 unspecified atom stereocenters. The first-order chi connectivity index (χ1) is 15.2. The number of likely N-dealkylation sites (tertiary alicyclic amines) is 1. The summed E-state index contributed by atoms with van der Waals surface area (Å²) < 4.78 is 0. The maximum atomic E-state index is 13.6. The van der Waals surface area contributed by atoms with Gasteiger partial charge in [0.1, 0.15) is 6.04 Å². The fourth-order valence-electron chi connectivity index (χ4n) is 5.42. The summed E-state index contributed by atoms with van der Waals surface area (Å²) in [5.74, 6) is 0.0158. The van der Waals surface area contributed by atoms with Crippen LogP contribution in [0, 0.1) is 23.2 Å². The molecule has 2 aliphatic rings. The second-order valence-electron chi connectivity index (χ2n) is 11.6. The van der Waals surface area contributed by atoms with Crippen molar-refractivity contribution in [2.24, 2.45) is 23.2 Å². The molecule has 33 heavy (non-hydrogen) atoms. The molecule has 2 rings (SSSR count). The number of carbonyl (C=O) groups is 3. The number of nitrogens with zero attached hydrogens (tertiary/aromatic N) is 2. The second kappa shape index (κ2) is 11.0. The van der Waals surface area contributed by atoms with Gasteiger partial charge in [0.25, 0.3) is 0 Å². The highest BCUT2D eigenvalue weighted by Crippen LogP contribution is 2.38. The highest BCUT2D eigenvalue weighted by Gasteiger charge is 2.42. The number of likely N-dealkylation sites (N-methyl/N-ethyl adjacent to an activating group) is 2. The lowest BCUT2D eigenvalue weighted by molar-refractivity contribution is -0.142. The van der Waals surface area contributed by atoms with Crippen LogP contribution in [0.5, 0.6) is 0 Å². The number of carboxylic acid groups (broad SMARTS) is 1. The molecule has 1 heterocycles. The van der Waals surface area contributed by atoms with E-state index in [2.05, 4.69) is 10.2 Å². The van der Waals surface area contributed by atoms with Crippen LogP contribution in [0.25, 0.3) is 0 Å². The van der Waals surface area contributed by atoms with E-state index in [0.29, 0.717) is 11.8 Å².